The molecule has 1 heterocycles. The van der Waals surface area contributed by atoms with E-state index in [1.165, 1.54) is 36.4 Å². The molecule has 10 heteroatoms. The van der Waals surface area contributed by atoms with Crippen molar-refractivity contribution in [3.8, 4) is 0 Å². The largest absolute Gasteiger partial charge is 0.346 e. The number of amides is 1. The maximum Gasteiger partial charge on any atom is 0.291 e. The average molecular weight is 559 g/mol. The molecule has 0 saturated heterocycles. The topological polar surface area (TPSA) is 76.1 Å². The van der Waals surface area contributed by atoms with Gasteiger partial charge in [0.05, 0.1) is 22.6 Å². The van der Waals surface area contributed by atoms with Crippen LogP contribution in [0.3, 0.4) is 0 Å². The number of pyridine rings is 1. The lowest BCUT2D eigenvalue weighted by molar-refractivity contribution is -0.00238. The Morgan fingerprint density at radius 2 is 1.82 bits per heavy atom. The van der Waals surface area contributed by atoms with Gasteiger partial charge in [0.15, 0.2) is 0 Å². The first kappa shape index (κ1) is 26.2. The molecule has 5 nitrogen and oxygen atoms in total. The van der Waals surface area contributed by atoms with Crippen LogP contribution in [-0.4, -0.2) is 25.9 Å². The normalized spacial score (nSPS) is 14.0. The summed E-state index contributed by atoms with van der Waals surface area (Å²) in [4.78, 5) is 16.4. The van der Waals surface area contributed by atoms with Crippen LogP contribution < -0.4 is 5.32 Å². The van der Waals surface area contributed by atoms with Gasteiger partial charge in [-0.3, -0.25) is 9.78 Å². The molecule has 0 atom stereocenters. The van der Waals surface area contributed by atoms with E-state index in [9.17, 15) is 13.2 Å². The molecule has 38 heavy (non-hydrogen) atoms. The molecule has 1 amide bonds. The summed E-state index contributed by atoms with van der Waals surface area (Å²) >= 11 is 6.02. The average Bonchev–Trinajstić information content (AvgIpc) is 3.72. The summed E-state index contributed by atoms with van der Waals surface area (Å²) in [5.74, 6) is -5.55. The third kappa shape index (κ3) is 4.76. The number of carbonyl (C=O) groups excluding carboxylic acids is 1. The lowest BCUT2D eigenvalue weighted by atomic mass is 10.1. The van der Waals surface area contributed by atoms with Crippen molar-refractivity contribution in [2.45, 2.75) is 41.4 Å². The molecule has 0 bridgehead atoms. The van der Waals surface area contributed by atoms with Crippen LogP contribution in [0.5, 0.6) is 0 Å². The molecule has 0 unspecified atom stereocenters. The van der Waals surface area contributed by atoms with Crippen molar-refractivity contribution in [3.05, 3.63) is 100.0 Å². The minimum Gasteiger partial charge on any atom is -0.346 e. The predicted molar refractivity (Wildman–Crippen MR) is 138 cm³/mol. The Hall–Kier alpha value is -3.43. The molecule has 0 radical (unpaired) electrons. The molecule has 1 aliphatic rings. The Morgan fingerprint density at radius 3 is 2.53 bits per heavy atom. The van der Waals surface area contributed by atoms with Crippen LogP contribution in [0, 0.1) is 12.7 Å². The molecule has 5 rings (SSSR count). The SMILES string of the molecule is Cc1ccc(C(F)(F)CNC(=O)c2c(S(=O)(=O)c3cccc(C4CC4)c3F)cnc3ccccc23)c(Cl)c1. The Labute approximate surface area is 222 Å². The number of aryl methyl sites for hydroxylation is 1. The number of sulfone groups is 1. The Balaban J connectivity index is 1.57. The number of hydrogen-bond donors (Lipinski definition) is 1. The third-order valence-electron chi connectivity index (χ3n) is 6.55. The lowest BCUT2D eigenvalue weighted by Gasteiger charge is -2.20. The molecular formula is C28H22ClF3N2O3S. The van der Waals surface area contributed by atoms with Crippen LogP contribution in [0.2, 0.25) is 5.02 Å². The third-order valence-corrected chi connectivity index (χ3v) is 8.64. The fraction of sp³-hybridized carbons (Fsp3) is 0.214. The van der Waals surface area contributed by atoms with Crippen molar-refractivity contribution >= 4 is 38.2 Å². The monoisotopic (exact) mass is 558 g/mol. The van der Waals surface area contributed by atoms with Gasteiger partial charge in [-0.25, -0.2) is 12.8 Å². The zero-order valence-corrected chi connectivity index (χ0v) is 21.7. The van der Waals surface area contributed by atoms with E-state index in [-0.39, 0.29) is 21.8 Å². The van der Waals surface area contributed by atoms with Gasteiger partial charge in [0.2, 0.25) is 9.84 Å². The second-order valence-corrected chi connectivity index (χ2v) is 11.6. The van der Waals surface area contributed by atoms with Gasteiger partial charge in [-0.15, -0.1) is 0 Å². The second kappa shape index (κ2) is 9.71. The molecule has 1 fully saturated rings. The summed E-state index contributed by atoms with van der Waals surface area (Å²) in [6.45, 7) is 0.561. The fourth-order valence-electron chi connectivity index (χ4n) is 4.42. The number of nitrogens with zero attached hydrogens (tertiary/aromatic N) is 1. The van der Waals surface area contributed by atoms with E-state index in [1.807, 2.05) is 0 Å². The van der Waals surface area contributed by atoms with Crippen molar-refractivity contribution in [2.75, 3.05) is 6.54 Å². The zero-order chi connectivity index (χ0) is 27.2. The number of hydrogen-bond acceptors (Lipinski definition) is 4. The number of benzene rings is 3. The molecule has 1 aromatic heterocycles. The molecule has 1 N–H and O–H groups in total. The summed E-state index contributed by atoms with van der Waals surface area (Å²) in [5.41, 5.74) is 0.390. The smallest absolute Gasteiger partial charge is 0.291 e. The number of fused-ring (bicyclic) bond motifs is 1. The summed E-state index contributed by atoms with van der Waals surface area (Å²) < 4.78 is 72.8. The second-order valence-electron chi connectivity index (χ2n) is 9.32. The van der Waals surface area contributed by atoms with Crippen LogP contribution >= 0.6 is 11.6 Å². The van der Waals surface area contributed by atoms with Crippen molar-refractivity contribution in [2.24, 2.45) is 0 Å². The Bertz CT molecular complexity index is 1690. The van der Waals surface area contributed by atoms with Gasteiger partial charge in [0.25, 0.3) is 11.8 Å². The van der Waals surface area contributed by atoms with E-state index in [0.717, 1.165) is 25.1 Å². The number of carbonyl (C=O) groups is 1. The van der Waals surface area contributed by atoms with Gasteiger partial charge < -0.3 is 5.32 Å². The first-order chi connectivity index (χ1) is 18.0. The van der Waals surface area contributed by atoms with Crippen LogP contribution in [0.1, 0.15) is 45.8 Å². The molecule has 4 aromatic rings. The number of rotatable bonds is 7. The summed E-state index contributed by atoms with van der Waals surface area (Å²) in [6, 6.07) is 14.4. The molecule has 0 spiro atoms. The van der Waals surface area contributed by atoms with E-state index in [4.69, 9.17) is 11.6 Å². The van der Waals surface area contributed by atoms with Gasteiger partial charge in [-0.05, 0) is 55.0 Å². The Kier molecular flexibility index (Phi) is 6.69. The molecule has 0 aliphatic heterocycles. The maximum atomic E-state index is 15.3. The summed E-state index contributed by atoms with van der Waals surface area (Å²) in [5, 5.41) is 2.12. The number of nitrogens with one attached hydrogen (secondary N) is 1. The van der Waals surface area contributed by atoms with E-state index in [1.54, 1.807) is 25.1 Å². The van der Waals surface area contributed by atoms with E-state index in [0.29, 0.717) is 11.1 Å². The van der Waals surface area contributed by atoms with Crippen LogP contribution in [0.15, 0.2) is 76.7 Å². The van der Waals surface area contributed by atoms with E-state index < -0.39 is 54.9 Å². The van der Waals surface area contributed by atoms with Gasteiger partial charge in [-0.2, -0.15) is 8.78 Å². The van der Waals surface area contributed by atoms with Gasteiger partial charge in [0.1, 0.15) is 15.6 Å². The number of aromatic nitrogens is 1. The number of alkyl halides is 2. The standard InChI is InChI=1S/C28H22ClF3N2O3S/c1-16-9-12-20(21(29)13-16)28(31,32)15-34-27(35)25-19-5-2-3-7-22(19)33-14-24(25)38(36,37)23-8-4-6-18(26(23)30)17-10-11-17/h2-9,12-14,17H,10-11,15H2,1H3,(H,34,35). The quantitative estimate of drug-likeness (QED) is 0.278. The van der Waals surface area contributed by atoms with E-state index in [2.05, 4.69) is 10.3 Å². The highest BCUT2D eigenvalue weighted by molar-refractivity contribution is 7.91. The highest BCUT2D eigenvalue weighted by atomic mass is 35.5. The molecular weight excluding hydrogens is 537 g/mol. The minimum absolute atomic E-state index is 0.0570. The zero-order valence-electron chi connectivity index (χ0n) is 20.1. The van der Waals surface area contributed by atoms with Gasteiger partial charge in [-0.1, -0.05) is 54.1 Å². The van der Waals surface area contributed by atoms with Gasteiger partial charge >= 0.3 is 0 Å². The van der Waals surface area contributed by atoms with Crippen molar-refractivity contribution in [1.29, 1.82) is 0 Å². The maximum absolute atomic E-state index is 15.3. The highest BCUT2D eigenvalue weighted by Crippen LogP contribution is 2.43. The lowest BCUT2D eigenvalue weighted by Crippen LogP contribution is -2.36. The first-order valence-corrected chi connectivity index (χ1v) is 13.7. The van der Waals surface area contributed by atoms with Crippen molar-refractivity contribution in [3.63, 3.8) is 0 Å². The molecule has 1 saturated carbocycles. The molecule has 1 aliphatic carbocycles. The van der Waals surface area contributed by atoms with Gasteiger partial charge in [0, 0.05) is 17.1 Å². The van der Waals surface area contributed by atoms with Crippen molar-refractivity contribution < 1.29 is 26.4 Å². The number of halogens is 4. The Morgan fingerprint density at radius 1 is 1.08 bits per heavy atom. The highest BCUT2D eigenvalue weighted by Gasteiger charge is 2.37. The first-order valence-electron chi connectivity index (χ1n) is 11.8. The number of para-hydroxylation sites is 1. The fourth-order valence-corrected chi connectivity index (χ4v) is 6.30. The van der Waals surface area contributed by atoms with E-state index >= 15 is 13.2 Å². The van der Waals surface area contributed by atoms with Crippen LogP contribution in [-0.2, 0) is 15.8 Å². The van der Waals surface area contributed by atoms with Crippen LogP contribution in [0.25, 0.3) is 10.9 Å². The molecule has 3 aromatic carbocycles. The minimum atomic E-state index is -4.59. The van der Waals surface area contributed by atoms with Crippen molar-refractivity contribution in [1.82, 2.24) is 10.3 Å². The summed E-state index contributed by atoms with van der Waals surface area (Å²) in [7, 11) is -4.59. The summed E-state index contributed by atoms with van der Waals surface area (Å²) in [6.07, 6.45) is 2.47. The molecule has 196 valence electrons. The predicted octanol–water partition coefficient (Wildman–Crippen LogP) is 6.57. The van der Waals surface area contributed by atoms with Crippen LogP contribution in [0.4, 0.5) is 13.2 Å².